The molecule has 1 aromatic heterocycles. The van der Waals surface area contributed by atoms with Gasteiger partial charge >= 0.3 is 12.1 Å². The largest absolute Gasteiger partial charge is 0.445 e. The van der Waals surface area contributed by atoms with Gasteiger partial charge in [0.25, 0.3) is 0 Å². The lowest BCUT2D eigenvalue weighted by Gasteiger charge is -2.41. The van der Waals surface area contributed by atoms with Gasteiger partial charge in [0.2, 0.25) is 35.4 Å². The summed E-state index contributed by atoms with van der Waals surface area (Å²) in [6.07, 6.45) is 2.53. The average Bonchev–Trinajstić information content (AvgIpc) is 4.35. The molecule has 0 aliphatic carbocycles. The predicted molar refractivity (Wildman–Crippen MR) is 324 cm³/mol. The van der Waals surface area contributed by atoms with Crippen molar-refractivity contribution in [3.8, 4) is 0 Å². The second kappa shape index (κ2) is 33.7. The van der Waals surface area contributed by atoms with Crippen LogP contribution in [0.3, 0.4) is 0 Å². The standard InChI is InChI=1S/C61H95N11O11S/c1-15-39(8)51(47(81-13)34-48(73)72-31-20-24-46(72)52(82-14)40(9)53(74)68-45(56-63-30-32-84-56)33-41-21-17-16-18-22-41)71(12)57(77)50(37(4)5)69-58(78)61(10,11)70-60(80)83-35-42-25-27-43(28-26-42)66-54(75)44(23-19-29-64-59(62)79)67-55(76)49(36(2)3)65-38(6)7/h16-18,21-22,25-28,30,32,36-40,44-47,49-52,65H,15,19-20,23-24,29,31,33-35H2,1-14H3,(H,66,75)(H,67,76)(H,68,74)(H,69,78)(H,70,80)(H3,62,64,79)/t39-,40+,44-,45-,46-,47+,49-,50-,51-,52+/m0/s1. The van der Waals surface area contributed by atoms with Gasteiger partial charge in [-0.2, -0.15) is 0 Å². The number of nitrogens with two attached hydrogens (primary N) is 1. The summed E-state index contributed by atoms with van der Waals surface area (Å²) in [4.78, 5) is 117. The van der Waals surface area contributed by atoms with Crippen LogP contribution < -0.4 is 43.0 Å². The van der Waals surface area contributed by atoms with Crippen molar-refractivity contribution in [3.05, 3.63) is 82.3 Å². The van der Waals surface area contributed by atoms with Crippen molar-refractivity contribution in [3.63, 3.8) is 0 Å². The molecule has 23 heteroatoms. The molecule has 84 heavy (non-hydrogen) atoms. The number of hydrogen-bond donors (Lipinski definition) is 8. The van der Waals surface area contributed by atoms with E-state index in [0.717, 1.165) is 10.6 Å². The molecule has 0 radical (unpaired) electrons. The Morgan fingerprint density at radius 1 is 0.833 bits per heavy atom. The maximum absolute atomic E-state index is 14.7. The highest BCUT2D eigenvalue weighted by Crippen LogP contribution is 2.31. The number of nitrogens with one attached hydrogen (secondary N) is 7. The molecule has 0 spiro atoms. The van der Waals surface area contributed by atoms with Crippen LogP contribution in [-0.4, -0.2) is 151 Å². The van der Waals surface area contributed by atoms with E-state index in [2.05, 4.69) is 42.2 Å². The molecule has 466 valence electrons. The number of urea groups is 1. The topological polar surface area (TPSA) is 294 Å². The van der Waals surface area contributed by atoms with Crippen molar-refractivity contribution in [1.29, 1.82) is 0 Å². The Kier molecular flexibility index (Phi) is 28.0. The number of aromatic nitrogens is 1. The summed E-state index contributed by atoms with van der Waals surface area (Å²) in [5, 5.41) is 22.8. The van der Waals surface area contributed by atoms with E-state index in [1.165, 1.54) is 32.3 Å². The number of thiazole rings is 1. The highest BCUT2D eigenvalue weighted by atomic mass is 32.1. The summed E-state index contributed by atoms with van der Waals surface area (Å²) in [5.41, 5.74) is 5.70. The lowest BCUT2D eigenvalue weighted by Crippen LogP contribution is -2.62. The minimum atomic E-state index is -1.55. The number of ether oxygens (including phenoxy) is 3. The lowest BCUT2D eigenvalue weighted by molar-refractivity contribution is -0.148. The number of nitrogens with zero attached hydrogens (tertiary/aromatic N) is 3. The number of anilines is 1. The quantitative estimate of drug-likeness (QED) is 0.0316. The molecule has 9 amide bonds. The molecule has 3 aromatic rings. The van der Waals surface area contributed by atoms with Crippen molar-refractivity contribution in [2.75, 3.05) is 39.7 Å². The zero-order valence-electron chi connectivity index (χ0n) is 51.7. The number of rotatable bonds is 33. The number of methoxy groups -OCH3 is 2. The second-order valence-corrected chi connectivity index (χ2v) is 24.4. The Morgan fingerprint density at radius 2 is 1.50 bits per heavy atom. The van der Waals surface area contributed by atoms with Gasteiger partial charge in [-0.3, -0.25) is 28.8 Å². The average molecular weight is 1190 g/mol. The predicted octanol–water partition coefficient (Wildman–Crippen LogP) is 6.20. The Labute approximate surface area is 501 Å². The van der Waals surface area contributed by atoms with Crippen LogP contribution in [0, 0.1) is 23.7 Å². The van der Waals surface area contributed by atoms with E-state index in [0.29, 0.717) is 49.9 Å². The molecule has 2 heterocycles. The van der Waals surface area contributed by atoms with E-state index in [1.807, 2.05) is 84.2 Å². The molecule has 1 aliphatic rings. The zero-order valence-corrected chi connectivity index (χ0v) is 52.6. The summed E-state index contributed by atoms with van der Waals surface area (Å²) >= 11 is 1.48. The molecule has 0 saturated carbocycles. The fourth-order valence-corrected chi connectivity index (χ4v) is 11.2. The Hall–Kier alpha value is -6.69. The third kappa shape index (κ3) is 20.8. The number of primary amides is 1. The van der Waals surface area contributed by atoms with Crippen LogP contribution in [0.25, 0.3) is 0 Å². The zero-order chi connectivity index (χ0) is 62.4. The van der Waals surface area contributed by atoms with Crippen molar-refractivity contribution < 1.29 is 52.6 Å². The fraction of sp³-hybridized carbons (Fsp3) is 0.623. The van der Waals surface area contributed by atoms with E-state index in [-0.39, 0.29) is 67.6 Å². The summed E-state index contributed by atoms with van der Waals surface area (Å²) in [7, 11) is 4.73. The molecule has 9 N–H and O–H groups in total. The first-order valence-corrected chi connectivity index (χ1v) is 30.2. The molecular weight excluding hydrogens is 1090 g/mol. The fourth-order valence-electron chi connectivity index (χ4n) is 10.5. The molecule has 1 fully saturated rings. The number of likely N-dealkylation sites (tertiary alicyclic amines) is 1. The number of amides is 9. The van der Waals surface area contributed by atoms with E-state index < -0.39 is 89.6 Å². The molecule has 0 unspecified atom stereocenters. The SMILES string of the molecule is CC[C@H](C)[C@@H]([C@@H](CC(=O)N1CCC[C@H]1[C@H](OC)[C@@H](C)C(=O)N[C@@H](Cc1ccccc1)c1nccs1)OC)N(C)C(=O)[C@@H](NC(=O)C(C)(C)NC(=O)OCc1ccc(NC(=O)[C@H](CCCNC(N)=O)NC(=O)[C@@H](NC(C)C)C(C)C)cc1)C(C)C. The maximum Gasteiger partial charge on any atom is 0.408 e. The molecule has 10 atom stereocenters. The van der Waals surface area contributed by atoms with E-state index >= 15 is 0 Å². The molecule has 1 aliphatic heterocycles. The number of carbonyl (C=O) groups excluding carboxylic acids is 8. The summed E-state index contributed by atoms with van der Waals surface area (Å²) in [6.45, 7) is 20.6. The van der Waals surface area contributed by atoms with E-state index in [1.54, 1.807) is 68.3 Å². The van der Waals surface area contributed by atoms with Crippen molar-refractivity contribution in [1.82, 2.24) is 46.7 Å². The first-order valence-electron chi connectivity index (χ1n) is 29.3. The molecule has 22 nitrogen and oxygen atoms in total. The minimum Gasteiger partial charge on any atom is -0.445 e. The summed E-state index contributed by atoms with van der Waals surface area (Å²) in [6, 6.07) is 11.9. The van der Waals surface area contributed by atoms with Crippen molar-refractivity contribution >= 4 is 64.6 Å². The van der Waals surface area contributed by atoms with Crippen LogP contribution >= 0.6 is 11.3 Å². The van der Waals surface area contributed by atoms with Gasteiger partial charge in [-0.15, -0.1) is 11.3 Å². The van der Waals surface area contributed by atoms with Crippen LogP contribution in [0.2, 0.25) is 0 Å². The molecular formula is C61H95N11O11S. The smallest absolute Gasteiger partial charge is 0.408 e. The maximum atomic E-state index is 14.7. The molecule has 4 rings (SSSR count). The van der Waals surface area contributed by atoms with Gasteiger partial charge in [0.05, 0.1) is 48.7 Å². The second-order valence-electron chi connectivity index (χ2n) is 23.5. The Balaban J connectivity index is 1.38. The number of hydrogen-bond acceptors (Lipinski definition) is 14. The number of alkyl carbamates (subject to hydrolysis) is 1. The number of carbonyl (C=O) groups is 8. The molecule has 0 bridgehead atoms. The summed E-state index contributed by atoms with van der Waals surface area (Å²) in [5.74, 6) is -3.49. The normalized spacial score (nSPS) is 16.7. The highest BCUT2D eigenvalue weighted by molar-refractivity contribution is 7.09. The van der Waals surface area contributed by atoms with Gasteiger partial charge in [0.15, 0.2) is 0 Å². The lowest BCUT2D eigenvalue weighted by atomic mass is 9.89. The van der Waals surface area contributed by atoms with Crippen LogP contribution in [0.4, 0.5) is 15.3 Å². The van der Waals surface area contributed by atoms with Crippen LogP contribution in [0.15, 0.2) is 66.2 Å². The third-order valence-corrected chi connectivity index (χ3v) is 16.4. The Morgan fingerprint density at radius 3 is 2.07 bits per heavy atom. The number of benzene rings is 2. The van der Waals surface area contributed by atoms with Crippen LogP contribution in [0.5, 0.6) is 0 Å². The third-order valence-electron chi connectivity index (χ3n) is 15.5. The van der Waals surface area contributed by atoms with E-state index in [4.69, 9.17) is 19.9 Å². The van der Waals surface area contributed by atoms with Crippen molar-refractivity contribution in [2.24, 2.45) is 29.4 Å². The van der Waals surface area contributed by atoms with Gasteiger partial charge in [0, 0.05) is 57.7 Å². The van der Waals surface area contributed by atoms with Crippen LogP contribution in [0.1, 0.15) is 137 Å². The first kappa shape index (κ1) is 69.8. The molecule has 1 saturated heterocycles. The van der Waals surface area contributed by atoms with E-state index in [9.17, 15) is 38.4 Å². The first-order chi connectivity index (χ1) is 39.7. The Bertz CT molecular complexity index is 2590. The van der Waals surface area contributed by atoms with Gasteiger partial charge in [-0.1, -0.05) is 111 Å². The van der Waals surface area contributed by atoms with Gasteiger partial charge in [-0.05, 0) is 87.0 Å². The van der Waals surface area contributed by atoms with Gasteiger partial charge < -0.3 is 67.0 Å². The van der Waals surface area contributed by atoms with Crippen LogP contribution in [-0.2, 0) is 56.0 Å². The monoisotopic (exact) mass is 1190 g/mol. The van der Waals surface area contributed by atoms with Gasteiger partial charge in [-0.25, -0.2) is 14.6 Å². The minimum absolute atomic E-state index is 0.0207. The summed E-state index contributed by atoms with van der Waals surface area (Å²) < 4.78 is 17.7. The number of likely N-dealkylation sites (N-methyl/N-ethyl adjacent to an activating group) is 1. The molecule has 2 aromatic carbocycles. The van der Waals surface area contributed by atoms with Gasteiger partial charge in [0.1, 0.15) is 29.2 Å². The van der Waals surface area contributed by atoms with Crippen molar-refractivity contribution in [2.45, 2.75) is 188 Å². The highest BCUT2D eigenvalue weighted by Gasteiger charge is 2.44.